The van der Waals surface area contributed by atoms with Crippen LogP contribution in [0.3, 0.4) is 0 Å². The lowest BCUT2D eigenvalue weighted by molar-refractivity contribution is 0.355. The maximum absolute atomic E-state index is 12.3. The van der Waals surface area contributed by atoms with Crippen molar-refractivity contribution < 1.29 is 17.9 Å². The van der Waals surface area contributed by atoms with Gasteiger partial charge in [0.1, 0.15) is 4.21 Å². The van der Waals surface area contributed by atoms with E-state index in [1.54, 1.807) is 18.2 Å². The van der Waals surface area contributed by atoms with Crippen LogP contribution in [0.25, 0.3) is 0 Å². The Morgan fingerprint density at radius 2 is 1.86 bits per heavy atom. The highest BCUT2D eigenvalue weighted by molar-refractivity contribution is 9.11. The first-order valence-corrected chi connectivity index (χ1v) is 9.04. The Morgan fingerprint density at radius 3 is 2.38 bits per heavy atom. The van der Waals surface area contributed by atoms with Gasteiger partial charge in [0.2, 0.25) is 0 Å². The molecule has 1 N–H and O–H groups in total. The molecule has 0 radical (unpaired) electrons. The fourth-order valence-corrected chi connectivity index (χ4v) is 5.01. The van der Waals surface area contributed by atoms with E-state index in [0.29, 0.717) is 26.0 Å². The molecule has 0 fully saturated rings. The average molecular weight is 413 g/mol. The van der Waals surface area contributed by atoms with Crippen molar-refractivity contribution in [2.45, 2.75) is 4.21 Å². The zero-order valence-corrected chi connectivity index (χ0v) is 15.0. The van der Waals surface area contributed by atoms with Gasteiger partial charge in [-0.2, -0.15) is 0 Å². The molecule has 1 heterocycles. The first kappa shape index (κ1) is 16.4. The molecule has 0 amide bonds. The molecule has 0 spiro atoms. The highest BCUT2D eigenvalue weighted by atomic mass is 79.9. The van der Waals surface area contributed by atoms with Gasteiger partial charge in [-0.1, -0.05) is 11.6 Å². The summed E-state index contributed by atoms with van der Waals surface area (Å²) in [4.78, 5) is 0. The average Bonchev–Trinajstić information content (AvgIpc) is 2.79. The Bertz CT molecular complexity index is 741. The third-order valence-electron chi connectivity index (χ3n) is 2.52. The topological polar surface area (TPSA) is 64.6 Å². The van der Waals surface area contributed by atoms with Gasteiger partial charge >= 0.3 is 0 Å². The van der Waals surface area contributed by atoms with Gasteiger partial charge in [0.05, 0.1) is 28.7 Å². The van der Waals surface area contributed by atoms with Crippen LogP contribution in [-0.2, 0) is 10.0 Å². The molecule has 2 rings (SSSR count). The number of halogens is 2. The number of benzene rings is 1. The standard InChI is InChI=1S/C12H11BrClNO4S2/c1-18-9-4-3-7(5-10(9)19-2)15-21(16,17)11-6-8(14)12(13)20-11/h3-6,15H,1-2H3. The molecule has 0 bridgehead atoms. The van der Waals surface area contributed by atoms with Crippen LogP contribution in [0.5, 0.6) is 11.5 Å². The van der Waals surface area contributed by atoms with Gasteiger partial charge < -0.3 is 9.47 Å². The van der Waals surface area contributed by atoms with Gasteiger partial charge in [0, 0.05) is 6.07 Å². The number of nitrogens with one attached hydrogen (secondary N) is 1. The molecule has 0 unspecified atom stereocenters. The summed E-state index contributed by atoms with van der Waals surface area (Å²) in [5, 5.41) is 0.354. The Kier molecular flexibility index (Phi) is 5.03. The summed E-state index contributed by atoms with van der Waals surface area (Å²) in [6, 6.07) is 6.14. The first-order chi connectivity index (χ1) is 9.87. The second kappa shape index (κ2) is 6.43. The summed E-state index contributed by atoms with van der Waals surface area (Å²) < 4.78 is 37.9. The highest BCUT2D eigenvalue weighted by Gasteiger charge is 2.19. The Hall–Kier alpha value is -0.960. The van der Waals surface area contributed by atoms with E-state index in [-0.39, 0.29) is 4.21 Å². The number of hydrogen-bond acceptors (Lipinski definition) is 5. The van der Waals surface area contributed by atoms with Crippen LogP contribution in [-0.4, -0.2) is 22.6 Å². The normalized spacial score (nSPS) is 11.2. The number of sulfonamides is 1. The van der Waals surface area contributed by atoms with Gasteiger partial charge in [0.15, 0.2) is 11.5 Å². The number of ether oxygens (including phenoxy) is 2. The lowest BCUT2D eigenvalue weighted by Gasteiger charge is -2.11. The van der Waals surface area contributed by atoms with E-state index >= 15 is 0 Å². The second-order valence-corrected chi connectivity index (χ2v) is 8.55. The summed E-state index contributed by atoms with van der Waals surface area (Å²) in [7, 11) is -0.717. The van der Waals surface area contributed by atoms with Gasteiger partial charge in [-0.15, -0.1) is 11.3 Å². The fourth-order valence-electron chi connectivity index (χ4n) is 1.56. The van der Waals surface area contributed by atoms with Crippen molar-refractivity contribution in [3.8, 4) is 11.5 Å². The SMILES string of the molecule is COc1ccc(NS(=O)(=O)c2cc(Cl)c(Br)s2)cc1OC. The second-order valence-electron chi connectivity index (χ2n) is 3.86. The molecular weight excluding hydrogens is 402 g/mol. The Balaban J connectivity index is 2.32. The highest BCUT2D eigenvalue weighted by Crippen LogP contribution is 2.36. The Labute approximate surface area is 140 Å². The Morgan fingerprint density at radius 1 is 1.19 bits per heavy atom. The molecule has 1 aromatic heterocycles. The molecule has 9 heteroatoms. The summed E-state index contributed by atoms with van der Waals surface area (Å²) in [6.45, 7) is 0. The summed E-state index contributed by atoms with van der Waals surface area (Å²) in [5.41, 5.74) is 0.369. The molecule has 21 heavy (non-hydrogen) atoms. The zero-order valence-electron chi connectivity index (χ0n) is 11.0. The van der Waals surface area contributed by atoms with Crippen molar-refractivity contribution in [1.29, 1.82) is 0 Å². The van der Waals surface area contributed by atoms with Crippen LogP contribution < -0.4 is 14.2 Å². The smallest absolute Gasteiger partial charge is 0.271 e. The molecular formula is C12H11BrClNO4S2. The van der Waals surface area contributed by atoms with Crippen LogP contribution in [0.1, 0.15) is 0 Å². The van der Waals surface area contributed by atoms with Crippen LogP contribution in [0.2, 0.25) is 5.02 Å². The maximum atomic E-state index is 12.3. The van der Waals surface area contributed by atoms with Crippen molar-refractivity contribution in [3.05, 3.63) is 33.1 Å². The van der Waals surface area contributed by atoms with Gasteiger partial charge in [0.25, 0.3) is 10.0 Å². The van der Waals surface area contributed by atoms with Gasteiger partial charge in [-0.25, -0.2) is 8.42 Å². The predicted octanol–water partition coefficient (Wildman–Crippen LogP) is 3.98. The van der Waals surface area contributed by atoms with E-state index in [0.717, 1.165) is 11.3 Å². The van der Waals surface area contributed by atoms with Gasteiger partial charge in [-0.05, 0) is 34.1 Å². The van der Waals surface area contributed by atoms with Crippen molar-refractivity contribution >= 4 is 54.6 Å². The minimum Gasteiger partial charge on any atom is -0.493 e. The molecule has 0 atom stereocenters. The minimum atomic E-state index is -3.70. The van der Waals surface area contributed by atoms with E-state index in [1.165, 1.54) is 20.3 Å². The lowest BCUT2D eigenvalue weighted by atomic mass is 10.3. The van der Waals surface area contributed by atoms with Crippen molar-refractivity contribution in [3.63, 3.8) is 0 Å². The van der Waals surface area contributed by atoms with E-state index in [1.807, 2.05) is 0 Å². The monoisotopic (exact) mass is 411 g/mol. The van der Waals surface area contributed by atoms with E-state index in [4.69, 9.17) is 21.1 Å². The molecule has 0 aliphatic heterocycles. The summed E-state index contributed by atoms with van der Waals surface area (Å²) in [6.07, 6.45) is 0. The molecule has 0 aliphatic rings. The van der Waals surface area contributed by atoms with Crippen molar-refractivity contribution in [1.82, 2.24) is 0 Å². The number of anilines is 1. The molecule has 2 aromatic rings. The number of rotatable bonds is 5. The molecule has 0 saturated heterocycles. The van der Waals surface area contributed by atoms with Crippen molar-refractivity contribution in [2.75, 3.05) is 18.9 Å². The van der Waals surface area contributed by atoms with Crippen LogP contribution in [0.4, 0.5) is 5.69 Å². The summed E-state index contributed by atoms with van der Waals surface area (Å²) >= 11 is 10.1. The van der Waals surface area contributed by atoms with Crippen LogP contribution in [0.15, 0.2) is 32.3 Å². The quantitative estimate of drug-likeness (QED) is 0.806. The number of thiophene rings is 1. The molecule has 5 nitrogen and oxygen atoms in total. The van der Waals surface area contributed by atoms with Gasteiger partial charge in [-0.3, -0.25) is 4.72 Å². The van der Waals surface area contributed by atoms with E-state index < -0.39 is 10.0 Å². The maximum Gasteiger partial charge on any atom is 0.271 e. The van der Waals surface area contributed by atoms with E-state index in [2.05, 4.69) is 20.7 Å². The molecule has 0 aliphatic carbocycles. The molecule has 0 saturated carbocycles. The van der Waals surface area contributed by atoms with Crippen LogP contribution >= 0.6 is 38.9 Å². The largest absolute Gasteiger partial charge is 0.493 e. The molecule has 114 valence electrons. The third kappa shape index (κ3) is 3.63. The predicted molar refractivity (Wildman–Crippen MR) is 87.4 cm³/mol. The van der Waals surface area contributed by atoms with Crippen LogP contribution in [0, 0.1) is 0 Å². The van der Waals surface area contributed by atoms with E-state index in [9.17, 15) is 8.42 Å². The third-order valence-corrected chi connectivity index (χ3v) is 6.85. The number of hydrogen-bond donors (Lipinski definition) is 1. The lowest BCUT2D eigenvalue weighted by Crippen LogP contribution is -2.11. The van der Waals surface area contributed by atoms with Crippen molar-refractivity contribution in [2.24, 2.45) is 0 Å². The molecule has 1 aromatic carbocycles. The minimum absolute atomic E-state index is 0.120. The summed E-state index contributed by atoms with van der Waals surface area (Å²) in [5.74, 6) is 0.949. The number of methoxy groups -OCH3 is 2. The zero-order chi connectivity index (χ0) is 15.6. The first-order valence-electron chi connectivity index (χ1n) is 5.57. The fraction of sp³-hybridized carbons (Fsp3) is 0.167.